The first kappa shape index (κ1) is 22.0. The minimum absolute atomic E-state index is 0.0756. The molecule has 2 aromatic carbocycles. The Balaban J connectivity index is 1.99. The molecule has 0 saturated heterocycles. The maximum atomic E-state index is 11.6. The summed E-state index contributed by atoms with van der Waals surface area (Å²) in [5.41, 5.74) is 1.73. The molecule has 0 amide bonds. The van der Waals surface area contributed by atoms with Crippen LogP contribution in [0.2, 0.25) is 0 Å². The summed E-state index contributed by atoms with van der Waals surface area (Å²) in [7, 11) is 1.09. The van der Waals surface area contributed by atoms with Gasteiger partial charge in [0.1, 0.15) is 18.3 Å². The summed E-state index contributed by atoms with van der Waals surface area (Å²) in [6.07, 6.45) is -6.08. The molecule has 0 spiro atoms. The second-order valence-corrected chi connectivity index (χ2v) is 6.29. The lowest BCUT2D eigenvalue weighted by atomic mass is 10.0. The normalized spacial score (nSPS) is 15.4. The van der Waals surface area contributed by atoms with E-state index in [0.29, 0.717) is 0 Å². The fourth-order valence-corrected chi connectivity index (χ4v) is 2.61. The summed E-state index contributed by atoms with van der Waals surface area (Å²) in [5.74, 6) is -1.02. The monoisotopic (exact) mass is 390 g/mol. The number of methoxy groups -OCH3 is 1. The van der Waals surface area contributed by atoms with Gasteiger partial charge in [-0.1, -0.05) is 60.7 Å². The van der Waals surface area contributed by atoms with Gasteiger partial charge in [0, 0.05) is 0 Å². The molecule has 0 saturated carbocycles. The number of carbonyl (C=O) groups is 1. The van der Waals surface area contributed by atoms with E-state index in [2.05, 4.69) is 4.74 Å². The molecule has 0 bridgehead atoms. The highest BCUT2D eigenvalue weighted by atomic mass is 16.5. The second-order valence-electron chi connectivity index (χ2n) is 6.29. The Morgan fingerprint density at radius 3 is 1.96 bits per heavy atom. The highest BCUT2D eigenvalue weighted by Gasteiger charge is 2.37. The van der Waals surface area contributed by atoms with E-state index in [1.165, 1.54) is 0 Å². The highest BCUT2D eigenvalue weighted by Crippen LogP contribution is 2.15. The molecule has 0 unspecified atom stereocenters. The molecule has 4 atom stereocenters. The van der Waals surface area contributed by atoms with E-state index in [1.54, 1.807) is 0 Å². The van der Waals surface area contributed by atoms with Gasteiger partial charge < -0.3 is 29.5 Å². The van der Waals surface area contributed by atoms with E-state index >= 15 is 0 Å². The quantitative estimate of drug-likeness (QED) is 0.493. The summed E-state index contributed by atoms with van der Waals surface area (Å²) < 4.78 is 15.6. The van der Waals surface area contributed by atoms with Gasteiger partial charge in [0.05, 0.1) is 26.9 Å². The molecule has 2 aromatic rings. The average molecular weight is 390 g/mol. The Bertz CT molecular complexity index is 692. The van der Waals surface area contributed by atoms with Crippen molar-refractivity contribution in [3.05, 3.63) is 71.8 Å². The Morgan fingerprint density at radius 2 is 1.43 bits per heavy atom. The molecule has 0 heterocycles. The molecular formula is C21H26O7. The first-order valence-electron chi connectivity index (χ1n) is 8.92. The fourth-order valence-electron chi connectivity index (χ4n) is 2.61. The van der Waals surface area contributed by atoms with Crippen LogP contribution >= 0.6 is 0 Å². The van der Waals surface area contributed by atoms with Crippen LogP contribution in [0.25, 0.3) is 0 Å². The molecule has 3 N–H and O–H groups in total. The van der Waals surface area contributed by atoms with E-state index in [4.69, 9.17) is 9.47 Å². The SMILES string of the molecule is COC(=O)[C@H](O)[C@@H](O)[C@@H](OCc1ccccc1)[C@@H](O)COCc1ccccc1. The molecule has 2 rings (SSSR count). The molecule has 7 heteroatoms. The molecule has 0 aliphatic heterocycles. The van der Waals surface area contributed by atoms with Crippen molar-refractivity contribution in [3.8, 4) is 0 Å². The third-order valence-electron chi connectivity index (χ3n) is 4.17. The van der Waals surface area contributed by atoms with Crippen molar-refractivity contribution in [1.82, 2.24) is 0 Å². The van der Waals surface area contributed by atoms with Gasteiger partial charge in [-0.3, -0.25) is 0 Å². The maximum Gasteiger partial charge on any atom is 0.337 e. The molecule has 7 nitrogen and oxygen atoms in total. The molecule has 0 fully saturated rings. The van der Waals surface area contributed by atoms with Crippen LogP contribution in [0.5, 0.6) is 0 Å². The summed E-state index contributed by atoms with van der Waals surface area (Å²) in [6.45, 7) is 0.185. The van der Waals surface area contributed by atoms with Gasteiger partial charge in [-0.05, 0) is 11.1 Å². The van der Waals surface area contributed by atoms with Gasteiger partial charge in [0.2, 0.25) is 0 Å². The standard InChI is InChI=1S/C21H26O7/c1-26-21(25)19(24)18(23)20(28-13-16-10-6-3-7-11-16)17(22)14-27-12-15-8-4-2-5-9-15/h2-11,17-20,22-24H,12-14H2,1H3/t17-,18+,19+,20-/m0/s1. The Hall–Kier alpha value is -2.29. The van der Waals surface area contributed by atoms with Gasteiger partial charge in [-0.15, -0.1) is 0 Å². The van der Waals surface area contributed by atoms with Crippen molar-refractivity contribution in [2.75, 3.05) is 13.7 Å². The average Bonchev–Trinajstić information content (AvgIpc) is 2.74. The lowest BCUT2D eigenvalue weighted by Gasteiger charge is -2.29. The fraction of sp³-hybridized carbons (Fsp3) is 0.381. The summed E-state index contributed by atoms with van der Waals surface area (Å²) >= 11 is 0. The van der Waals surface area contributed by atoms with Gasteiger partial charge in [-0.2, -0.15) is 0 Å². The van der Waals surface area contributed by atoms with Crippen LogP contribution in [-0.2, 0) is 32.2 Å². The minimum Gasteiger partial charge on any atom is -0.467 e. The van der Waals surface area contributed by atoms with Crippen LogP contribution in [0.4, 0.5) is 0 Å². The first-order valence-corrected chi connectivity index (χ1v) is 8.92. The van der Waals surface area contributed by atoms with E-state index in [9.17, 15) is 20.1 Å². The summed E-state index contributed by atoms with van der Waals surface area (Å²) in [4.78, 5) is 11.6. The largest absolute Gasteiger partial charge is 0.467 e. The molecule has 152 valence electrons. The zero-order chi connectivity index (χ0) is 20.4. The number of benzene rings is 2. The van der Waals surface area contributed by atoms with Gasteiger partial charge in [0.25, 0.3) is 0 Å². The molecule has 0 aliphatic rings. The van der Waals surface area contributed by atoms with E-state index in [-0.39, 0.29) is 19.8 Å². The van der Waals surface area contributed by atoms with Crippen LogP contribution in [0.15, 0.2) is 60.7 Å². The number of hydrogen-bond acceptors (Lipinski definition) is 7. The second kappa shape index (κ2) is 11.5. The van der Waals surface area contributed by atoms with Crippen molar-refractivity contribution >= 4 is 5.97 Å². The molecule has 0 radical (unpaired) electrons. The third-order valence-corrected chi connectivity index (χ3v) is 4.17. The number of ether oxygens (including phenoxy) is 3. The number of aliphatic hydroxyl groups excluding tert-OH is 3. The highest BCUT2D eigenvalue weighted by molar-refractivity contribution is 5.75. The number of esters is 1. The Labute approximate surface area is 164 Å². The lowest BCUT2D eigenvalue weighted by molar-refractivity contribution is -0.177. The van der Waals surface area contributed by atoms with E-state index in [1.807, 2.05) is 60.7 Å². The summed E-state index contributed by atoms with van der Waals surface area (Å²) in [5, 5.41) is 30.8. The lowest BCUT2D eigenvalue weighted by Crippen LogP contribution is -2.50. The predicted molar refractivity (Wildman–Crippen MR) is 101 cm³/mol. The van der Waals surface area contributed by atoms with Crippen molar-refractivity contribution in [1.29, 1.82) is 0 Å². The van der Waals surface area contributed by atoms with E-state index < -0.39 is 30.4 Å². The molecular weight excluding hydrogens is 364 g/mol. The Kier molecular flexibility index (Phi) is 9.06. The van der Waals surface area contributed by atoms with E-state index in [0.717, 1.165) is 18.2 Å². The van der Waals surface area contributed by atoms with Gasteiger partial charge >= 0.3 is 5.97 Å². The van der Waals surface area contributed by atoms with Crippen LogP contribution in [0.3, 0.4) is 0 Å². The molecule has 28 heavy (non-hydrogen) atoms. The summed E-state index contributed by atoms with van der Waals surface area (Å²) in [6, 6.07) is 18.5. The van der Waals surface area contributed by atoms with Crippen molar-refractivity contribution in [3.63, 3.8) is 0 Å². The topological polar surface area (TPSA) is 105 Å². The van der Waals surface area contributed by atoms with Crippen LogP contribution in [0, 0.1) is 0 Å². The van der Waals surface area contributed by atoms with Crippen molar-refractivity contribution < 1.29 is 34.3 Å². The van der Waals surface area contributed by atoms with Gasteiger partial charge in [0.15, 0.2) is 6.10 Å². The zero-order valence-electron chi connectivity index (χ0n) is 15.7. The smallest absolute Gasteiger partial charge is 0.337 e. The van der Waals surface area contributed by atoms with Crippen molar-refractivity contribution in [2.45, 2.75) is 37.6 Å². The first-order chi connectivity index (χ1) is 13.5. The number of rotatable bonds is 11. The van der Waals surface area contributed by atoms with Crippen LogP contribution in [-0.4, -0.2) is 59.4 Å². The Morgan fingerprint density at radius 1 is 0.893 bits per heavy atom. The van der Waals surface area contributed by atoms with Crippen molar-refractivity contribution in [2.24, 2.45) is 0 Å². The van der Waals surface area contributed by atoms with Crippen LogP contribution < -0.4 is 0 Å². The van der Waals surface area contributed by atoms with Crippen LogP contribution in [0.1, 0.15) is 11.1 Å². The molecule has 0 aromatic heterocycles. The van der Waals surface area contributed by atoms with Gasteiger partial charge in [-0.25, -0.2) is 4.79 Å². The number of aliphatic hydroxyl groups is 3. The third kappa shape index (κ3) is 6.70. The number of hydrogen-bond donors (Lipinski definition) is 3. The molecule has 0 aliphatic carbocycles. The maximum absolute atomic E-state index is 11.6. The minimum atomic E-state index is -1.85. The number of carbonyl (C=O) groups excluding carboxylic acids is 1. The predicted octanol–water partition coefficient (Wildman–Crippen LogP) is 1.04. The zero-order valence-corrected chi connectivity index (χ0v) is 15.7.